The topological polar surface area (TPSA) is 102 Å². The predicted molar refractivity (Wildman–Crippen MR) is 115 cm³/mol. The molecule has 2 saturated heterocycles. The molecule has 10 heteroatoms. The first-order chi connectivity index (χ1) is 15.7. The van der Waals surface area contributed by atoms with E-state index in [2.05, 4.69) is 10.6 Å². The molecular formula is C23H19ClF2N4O3. The molecule has 1 unspecified atom stereocenters. The molecule has 0 bridgehead atoms. The van der Waals surface area contributed by atoms with Gasteiger partial charge < -0.3 is 10.2 Å². The van der Waals surface area contributed by atoms with Crippen molar-refractivity contribution in [3.8, 4) is 6.07 Å². The van der Waals surface area contributed by atoms with E-state index in [4.69, 9.17) is 16.9 Å². The molecule has 2 heterocycles. The number of imide groups is 1. The number of hydrogen-bond acceptors (Lipinski definition) is 5. The first kappa shape index (κ1) is 22.7. The molecule has 7 nitrogen and oxygen atoms in total. The smallest absolute Gasteiger partial charge is 0.234 e. The van der Waals surface area contributed by atoms with Crippen molar-refractivity contribution in [2.75, 3.05) is 18.0 Å². The summed E-state index contributed by atoms with van der Waals surface area (Å²) in [6.07, 6.45) is 0.172. The van der Waals surface area contributed by atoms with E-state index in [1.807, 2.05) is 6.07 Å². The van der Waals surface area contributed by atoms with Crippen LogP contribution in [0.1, 0.15) is 35.4 Å². The van der Waals surface area contributed by atoms with Crippen molar-refractivity contribution >= 4 is 35.0 Å². The summed E-state index contributed by atoms with van der Waals surface area (Å²) >= 11 is 5.99. The lowest BCUT2D eigenvalue weighted by atomic mass is 9.89. The van der Waals surface area contributed by atoms with E-state index in [1.54, 1.807) is 23.1 Å². The maximum absolute atomic E-state index is 14.7. The summed E-state index contributed by atoms with van der Waals surface area (Å²) in [5.74, 6) is -4.12. The van der Waals surface area contributed by atoms with Crippen LogP contribution >= 0.6 is 11.6 Å². The zero-order valence-electron chi connectivity index (χ0n) is 17.3. The fourth-order valence-electron chi connectivity index (χ4n) is 4.06. The fourth-order valence-corrected chi connectivity index (χ4v) is 4.30. The highest BCUT2D eigenvalue weighted by molar-refractivity contribution is 6.31. The minimum absolute atomic E-state index is 0.0270. The van der Waals surface area contributed by atoms with Gasteiger partial charge in [-0.3, -0.25) is 19.7 Å². The van der Waals surface area contributed by atoms with Gasteiger partial charge in [0.15, 0.2) is 0 Å². The highest BCUT2D eigenvalue weighted by Crippen LogP contribution is 2.33. The summed E-state index contributed by atoms with van der Waals surface area (Å²) in [4.78, 5) is 37.3. The van der Waals surface area contributed by atoms with Gasteiger partial charge in [0, 0.05) is 30.8 Å². The maximum Gasteiger partial charge on any atom is 0.234 e. The Bertz CT molecular complexity index is 1170. The third-order valence-corrected chi connectivity index (χ3v) is 6.09. The number of benzene rings is 2. The molecule has 4 rings (SSSR count). The molecule has 2 N–H and O–H groups in total. The van der Waals surface area contributed by atoms with Gasteiger partial charge in [0.25, 0.3) is 0 Å². The SMILES string of the molecule is N#Cc1ccc(CC(=O)NC2CN(c3cc(F)c(C4CCC(=O)NC4=O)c(F)c3)C2)cc1Cl. The Morgan fingerprint density at radius 3 is 2.52 bits per heavy atom. The van der Waals surface area contributed by atoms with Crippen LogP contribution in [0.4, 0.5) is 14.5 Å². The molecule has 2 aromatic rings. The summed E-state index contributed by atoms with van der Waals surface area (Å²) in [6.45, 7) is 0.743. The number of carbonyl (C=O) groups excluding carboxylic acids is 3. The zero-order chi connectivity index (χ0) is 23.7. The van der Waals surface area contributed by atoms with E-state index < -0.39 is 29.4 Å². The van der Waals surface area contributed by atoms with E-state index in [0.29, 0.717) is 29.9 Å². The van der Waals surface area contributed by atoms with Gasteiger partial charge in [-0.25, -0.2) is 8.78 Å². The Kier molecular flexibility index (Phi) is 6.29. The van der Waals surface area contributed by atoms with Crippen molar-refractivity contribution in [1.82, 2.24) is 10.6 Å². The van der Waals surface area contributed by atoms with Crippen molar-refractivity contribution in [1.29, 1.82) is 5.26 Å². The minimum Gasteiger partial charge on any atom is -0.367 e. The van der Waals surface area contributed by atoms with Crippen molar-refractivity contribution in [3.05, 3.63) is 63.7 Å². The summed E-state index contributed by atoms with van der Waals surface area (Å²) in [5.41, 5.74) is 0.972. The number of piperidine rings is 1. The second-order valence-corrected chi connectivity index (χ2v) is 8.51. The molecule has 2 aromatic carbocycles. The van der Waals surface area contributed by atoms with E-state index in [0.717, 1.165) is 0 Å². The van der Waals surface area contributed by atoms with Gasteiger partial charge in [0.2, 0.25) is 17.7 Å². The molecule has 33 heavy (non-hydrogen) atoms. The highest BCUT2D eigenvalue weighted by Gasteiger charge is 2.34. The fraction of sp³-hybridized carbons (Fsp3) is 0.304. The Hall–Kier alpha value is -3.51. The van der Waals surface area contributed by atoms with Crippen LogP contribution in [-0.2, 0) is 20.8 Å². The normalized spacial score (nSPS) is 18.4. The predicted octanol–water partition coefficient (Wildman–Crippen LogP) is 2.56. The van der Waals surface area contributed by atoms with Crippen LogP contribution in [0, 0.1) is 23.0 Å². The average molecular weight is 473 g/mol. The number of rotatable bonds is 5. The Morgan fingerprint density at radius 1 is 1.21 bits per heavy atom. The van der Waals surface area contributed by atoms with Crippen molar-refractivity contribution in [3.63, 3.8) is 0 Å². The quantitative estimate of drug-likeness (QED) is 0.651. The molecule has 0 aliphatic carbocycles. The van der Waals surface area contributed by atoms with Gasteiger partial charge in [-0.1, -0.05) is 17.7 Å². The molecule has 2 fully saturated rings. The van der Waals surface area contributed by atoms with Gasteiger partial charge in [0.05, 0.1) is 29.0 Å². The second-order valence-electron chi connectivity index (χ2n) is 8.10. The number of hydrogen-bond donors (Lipinski definition) is 2. The van der Waals surface area contributed by atoms with E-state index in [9.17, 15) is 23.2 Å². The Balaban J connectivity index is 1.34. The first-order valence-corrected chi connectivity index (χ1v) is 10.7. The molecule has 0 spiro atoms. The second kappa shape index (κ2) is 9.16. The number of carbonyl (C=O) groups is 3. The van der Waals surface area contributed by atoms with Crippen LogP contribution in [0.25, 0.3) is 0 Å². The van der Waals surface area contributed by atoms with Crippen molar-refractivity contribution in [2.24, 2.45) is 0 Å². The van der Waals surface area contributed by atoms with Gasteiger partial charge in [-0.15, -0.1) is 0 Å². The average Bonchev–Trinajstić information content (AvgIpc) is 2.71. The number of amides is 3. The van der Waals surface area contributed by atoms with Crippen LogP contribution in [0.3, 0.4) is 0 Å². The number of nitrogens with zero attached hydrogens (tertiary/aromatic N) is 2. The Labute approximate surface area is 193 Å². The van der Waals surface area contributed by atoms with E-state index in [-0.39, 0.29) is 41.8 Å². The van der Waals surface area contributed by atoms with Gasteiger partial charge in [-0.2, -0.15) is 5.26 Å². The Morgan fingerprint density at radius 2 is 1.91 bits per heavy atom. The van der Waals surface area contributed by atoms with Gasteiger partial charge in [0.1, 0.15) is 17.7 Å². The number of nitrogens with one attached hydrogen (secondary N) is 2. The summed E-state index contributed by atoms with van der Waals surface area (Å²) in [5, 5.41) is 14.2. The summed E-state index contributed by atoms with van der Waals surface area (Å²) in [7, 11) is 0. The largest absolute Gasteiger partial charge is 0.367 e. The third kappa shape index (κ3) is 4.81. The van der Waals surface area contributed by atoms with Crippen LogP contribution in [0.5, 0.6) is 0 Å². The summed E-state index contributed by atoms with van der Waals surface area (Å²) < 4.78 is 29.4. The van der Waals surface area contributed by atoms with Crippen molar-refractivity contribution in [2.45, 2.75) is 31.2 Å². The van der Waals surface area contributed by atoms with Gasteiger partial charge >= 0.3 is 0 Å². The van der Waals surface area contributed by atoms with E-state index in [1.165, 1.54) is 12.1 Å². The molecule has 3 amide bonds. The molecular weight excluding hydrogens is 454 g/mol. The lowest BCUT2D eigenvalue weighted by Gasteiger charge is -2.41. The molecule has 1 atom stereocenters. The number of halogens is 3. The lowest BCUT2D eigenvalue weighted by Crippen LogP contribution is -2.59. The molecule has 2 aliphatic heterocycles. The van der Waals surface area contributed by atoms with Crippen LogP contribution in [0.2, 0.25) is 5.02 Å². The minimum atomic E-state index is -1.05. The zero-order valence-corrected chi connectivity index (χ0v) is 18.1. The standard InChI is InChI=1S/C23H19ClF2N4O3/c24-17-5-12(1-2-13(17)9-27)6-21(32)28-14-10-30(11-14)15-7-18(25)22(19(26)8-15)16-3-4-20(31)29-23(16)33/h1-2,5,7-8,14,16H,3-4,6,10-11H2,(H,28,32)(H,29,31,33). The monoisotopic (exact) mass is 472 g/mol. The van der Waals surface area contributed by atoms with Crippen molar-refractivity contribution < 1.29 is 23.2 Å². The third-order valence-electron chi connectivity index (χ3n) is 5.78. The lowest BCUT2D eigenvalue weighted by molar-refractivity contribution is -0.134. The highest BCUT2D eigenvalue weighted by atomic mass is 35.5. The number of anilines is 1. The van der Waals surface area contributed by atoms with Crippen LogP contribution < -0.4 is 15.5 Å². The molecule has 0 aromatic heterocycles. The molecule has 0 saturated carbocycles. The molecule has 2 aliphatic rings. The molecule has 170 valence electrons. The molecule has 0 radical (unpaired) electrons. The van der Waals surface area contributed by atoms with Gasteiger partial charge in [-0.05, 0) is 36.2 Å². The maximum atomic E-state index is 14.7. The summed E-state index contributed by atoms with van der Waals surface area (Å²) in [6, 6.07) is 8.88. The van der Waals surface area contributed by atoms with Crippen LogP contribution in [-0.4, -0.2) is 36.9 Å². The van der Waals surface area contributed by atoms with Crippen LogP contribution in [0.15, 0.2) is 30.3 Å². The first-order valence-electron chi connectivity index (χ1n) is 10.3. The van der Waals surface area contributed by atoms with E-state index >= 15 is 0 Å². The number of nitriles is 1.